The average molecular weight is 376 g/mol. The van der Waals surface area contributed by atoms with Crippen molar-refractivity contribution in [2.45, 2.75) is 45.2 Å². The molecule has 1 N–H and O–H groups in total. The highest BCUT2D eigenvalue weighted by molar-refractivity contribution is 5.79. The third-order valence-electron chi connectivity index (χ3n) is 6.35. The van der Waals surface area contributed by atoms with Crippen LogP contribution in [0, 0.1) is 12.8 Å². The Morgan fingerprint density at radius 1 is 1.19 bits per heavy atom. The fourth-order valence-electron chi connectivity index (χ4n) is 4.82. The summed E-state index contributed by atoms with van der Waals surface area (Å²) in [6, 6.07) is 0.630. The molecule has 0 unspecified atom stereocenters. The Balaban J connectivity index is 1.26. The highest BCUT2D eigenvalue weighted by atomic mass is 16.5. The fraction of sp³-hybridized carbons (Fsp3) is 0.800. The Bertz CT molecular complexity index is 620. The van der Waals surface area contributed by atoms with Crippen molar-refractivity contribution in [3.63, 3.8) is 0 Å². The summed E-state index contributed by atoms with van der Waals surface area (Å²) >= 11 is 0. The van der Waals surface area contributed by atoms with Crippen molar-refractivity contribution in [2.24, 2.45) is 5.92 Å². The number of nitrogens with zero attached hydrogens (tertiary/aromatic N) is 4. The normalized spacial score (nSPS) is 26.4. The van der Waals surface area contributed by atoms with Crippen LogP contribution in [0.3, 0.4) is 0 Å². The minimum absolute atomic E-state index is 0.183. The van der Waals surface area contributed by atoms with Gasteiger partial charge in [-0.1, -0.05) is 0 Å². The van der Waals surface area contributed by atoms with Crippen LogP contribution in [0.15, 0.2) is 6.20 Å². The van der Waals surface area contributed by atoms with Gasteiger partial charge in [0.25, 0.3) is 0 Å². The second kappa shape index (κ2) is 8.71. The van der Waals surface area contributed by atoms with Gasteiger partial charge in [0.2, 0.25) is 5.91 Å². The summed E-state index contributed by atoms with van der Waals surface area (Å²) < 4.78 is 5.39. The molecule has 0 spiro atoms. The maximum Gasteiger partial charge on any atom is 0.227 e. The van der Waals surface area contributed by atoms with E-state index in [1.165, 1.54) is 18.5 Å². The zero-order chi connectivity index (χ0) is 18.6. The number of carbonyl (C=O) groups is 1. The van der Waals surface area contributed by atoms with Crippen LogP contribution in [0.4, 0.5) is 0 Å². The summed E-state index contributed by atoms with van der Waals surface area (Å²) in [5.74, 6) is 1.53. The van der Waals surface area contributed by atoms with E-state index in [0.29, 0.717) is 25.2 Å². The Morgan fingerprint density at radius 3 is 2.67 bits per heavy atom. The molecule has 1 atom stereocenters. The Kier molecular flexibility index (Phi) is 6.10. The van der Waals surface area contributed by atoms with E-state index in [2.05, 4.69) is 19.8 Å². The Morgan fingerprint density at radius 2 is 1.96 bits per heavy atom. The molecule has 3 aliphatic rings. The monoisotopic (exact) mass is 375 g/mol. The first kappa shape index (κ1) is 18.9. The molecule has 150 valence electrons. The first-order chi connectivity index (χ1) is 13.2. The van der Waals surface area contributed by atoms with Gasteiger partial charge in [-0.25, -0.2) is 4.98 Å². The molecule has 4 rings (SSSR count). The molecular weight excluding hydrogens is 342 g/mol. The van der Waals surface area contributed by atoms with Crippen molar-refractivity contribution in [3.05, 3.63) is 17.7 Å². The average Bonchev–Trinajstić information content (AvgIpc) is 3.13. The van der Waals surface area contributed by atoms with Gasteiger partial charge in [0.05, 0.1) is 19.1 Å². The molecule has 1 aromatic heterocycles. The quantitative estimate of drug-likeness (QED) is 0.858. The molecule has 27 heavy (non-hydrogen) atoms. The molecule has 4 heterocycles. The molecule has 0 radical (unpaired) electrons. The summed E-state index contributed by atoms with van der Waals surface area (Å²) in [4.78, 5) is 27.6. The van der Waals surface area contributed by atoms with Gasteiger partial charge in [-0.3, -0.25) is 14.6 Å². The van der Waals surface area contributed by atoms with Gasteiger partial charge >= 0.3 is 0 Å². The van der Waals surface area contributed by atoms with Crippen LogP contribution < -0.4 is 0 Å². The number of hydrogen-bond donors (Lipinski definition) is 1. The number of piperidine rings is 2. The highest BCUT2D eigenvalue weighted by Gasteiger charge is 2.33. The minimum atomic E-state index is 0.183. The molecule has 0 saturated carbocycles. The predicted octanol–water partition coefficient (Wildman–Crippen LogP) is 1.25. The maximum absolute atomic E-state index is 12.9. The third-order valence-corrected chi connectivity index (χ3v) is 6.35. The van der Waals surface area contributed by atoms with E-state index in [9.17, 15) is 4.79 Å². The number of imidazole rings is 1. The molecule has 3 aliphatic heterocycles. The zero-order valence-corrected chi connectivity index (χ0v) is 16.5. The van der Waals surface area contributed by atoms with Crippen LogP contribution in [0.2, 0.25) is 0 Å². The summed E-state index contributed by atoms with van der Waals surface area (Å²) in [5.41, 5.74) is 1.21. The minimum Gasteiger partial charge on any atom is -0.378 e. The van der Waals surface area contributed by atoms with Crippen LogP contribution in [0.5, 0.6) is 0 Å². The topological polar surface area (TPSA) is 64.7 Å². The number of ether oxygens (including phenoxy) is 1. The Labute approximate surface area is 162 Å². The number of H-pyrrole nitrogens is 1. The van der Waals surface area contributed by atoms with Gasteiger partial charge in [-0.15, -0.1) is 0 Å². The van der Waals surface area contributed by atoms with Crippen molar-refractivity contribution in [1.29, 1.82) is 0 Å². The number of rotatable bonds is 4. The van der Waals surface area contributed by atoms with Gasteiger partial charge in [0, 0.05) is 57.2 Å². The number of morpholine rings is 1. The van der Waals surface area contributed by atoms with Crippen molar-refractivity contribution < 1.29 is 9.53 Å². The number of hydrogen-bond acceptors (Lipinski definition) is 5. The van der Waals surface area contributed by atoms with Crippen molar-refractivity contribution >= 4 is 5.91 Å². The molecule has 3 fully saturated rings. The first-order valence-electron chi connectivity index (χ1n) is 10.5. The predicted molar refractivity (Wildman–Crippen MR) is 103 cm³/mol. The second-order valence-electron chi connectivity index (χ2n) is 8.27. The number of aromatic nitrogens is 2. The molecule has 1 amide bonds. The van der Waals surface area contributed by atoms with Crippen LogP contribution in [0.25, 0.3) is 0 Å². The van der Waals surface area contributed by atoms with Gasteiger partial charge in [0.15, 0.2) is 0 Å². The largest absolute Gasteiger partial charge is 0.378 e. The number of likely N-dealkylation sites (tertiary alicyclic amines) is 2. The lowest BCUT2D eigenvalue weighted by atomic mass is 9.92. The smallest absolute Gasteiger partial charge is 0.227 e. The van der Waals surface area contributed by atoms with Crippen LogP contribution in [-0.4, -0.2) is 89.1 Å². The van der Waals surface area contributed by atoms with E-state index >= 15 is 0 Å². The van der Waals surface area contributed by atoms with Gasteiger partial charge in [-0.05, 0) is 39.2 Å². The van der Waals surface area contributed by atoms with Crippen molar-refractivity contribution in [1.82, 2.24) is 24.7 Å². The van der Waals surface area contributed by atoms with E-state index in [-0.39, 0.29) is 5.92 Å². The fourth-order valence-corrected chi connectivity index (χ4v) is 4.82. The third kappa shape index (κ3) is 4.70. The summed E-state index contributed by atoms with van der Waals surface area (Å²) in [6.45, 7) is 10.2. The lowest BCUT2D eigenvalue weighted by Gasteiger charge is -2.43. The van der Waals surface area contributed by atoms with Crippen molar-refractivity contribution in [2.75, 3.05) is 52.5 Å². The first-order valence-corrected chi connectivity index (χ1v) is 10.5. The summed E-state index contributed by atoms with van der Waals surface area (Å²) in [6.07, 6.45) is 6.55. The molecule has 7 heteroatoms. The number of aryl methyl sites for hydroxylation is 1. The van der Waals surface area contributed by atoms with Crippen LogP contribution >= 0.6 is 0 Å². The van der Waals surface area contributed by atoms with Gasteiger partial charge in [-0.2, -0.15) is 0 Å². The molecule has 7 nitrogen and oxygen atoms in total. The van der Waals surface area contributed by atoms with E-state index in [4.69, 9.17) is 4.74 Å². The Hall–Kier alpha value is -1.44. The molecule has 0 bridgehead atoms. The molecular formula is C20H33N5O2. The lowest BCUT2D eigenvalue weighted by Crippen LogP contribution is -2.52. The number of amides is 1. The molecule has 0 aromatic carbocycles. The number of carbonyl (C=O) groups excluding carboxylic acids is 1. The summed E-state index contributed by atoms with van der Waals surface area (Å²) in [5, 5.41) is 0. The maximum atomic E-state index is 12.9. The number of aromatic amines is 1. The zero-order valence-electron chi connectivity index (χ0n) is 16.5. The number of nitrogens with one attached hydrogen (secondary N) is 1. The summed E-state index contributed by atoms with van der Waals surface area (Å²) in [7, 11) is 0. The van der Waals surface area contributed by atoms with Gasteiger partial charge in [0.1, 0.15) is 5.82 Å². The van der Waals surface area contributed by atoms with Crippen LogP contribution in [0.1, 0.15) is 37.2 Å². The second-order valence-corrected chi connectivity index (χ2v) is 8.27. The SMILES string of the molecule is Cc1ncc(CN2CCC(N3CCC[C@H](C(=O)N4CCOCC4)C3)CC2)[nH]1. The lowest BCUT2D eigenvalue weighted by molar-refractivity contribution is -0.142. The van der Waals surface area contributed by atoms with Gasteiger partial charge < -0.3 is 14.6 Å². The van der Waals surface area contributed by atoms with Crippen LogP contribution in [-0.2, 0) is 16.1 Å². The molecule has 3 saturated heterocycles. The van der Waals surface area contributed by atoms with E-state index < -0.39 is 0 Å². The van der Waals surface area contributed by atoms with Crippen molar-refractivity contribution in [3.8, 4) is 0 Å². The van der Waals surface area contributed by atoms with E-state index in [1.807, 2.05) is 18.0 Å². The highest BCUT2D eigenvalue weighted by Crippen LogP contribution is 2.25. The molecule has 1 aromatic rings. The van der Waals surface area contributed by atoms with E-state index in [0.717, 1.165) is 64.5 Å². The van der Waals surface area contributed by atoms with E-state index in [1.54, 1.807) is 0 Å². The standard InChI is InChI=1S/C20H33N5O2/c1-16-21-13-18(22-16)15-23-7-4-19(5-8-23)25-6-2-3-17(14-25)20(26)24-9-11-27-12-10-24/h13,17,19H,2-12,14-15H2,1H3,(H,21,22)/t17-/m0/s1. The molecule has 0 aliphatic carbocycles.